The summed E-state index contributed by atoms with van der Waals surface area (Å²) < 4.78 is 11.4. The van der Waals surface area contributed by atoms with E-state index in [0.29, 0.717) is 37.3 Å². The first-order chi connectivity index (χ1) is 13.3. The first-order valence-electron chi connectivity index (χ1n) is 8.15. The van der Waals surface area contributed by atoms with Gasteiger partial charge in [-0.15, -0.1) is 11.8 Å². The van der Waals surface area contributed by atoms with Crippen molar-refractivity contribution in [3.63, 3.8) is 0 Å². The number of carboxylic acids is 1. The maximum absolute atomic E-state index is 11.2. The van der Waals surface area contributed by atoms with Crippen LogP contribution in [-0.4, -0.2) is 36.1 Å². The van der Waals surface area contributed by atoms with E-state index in [0.717, 1.165) is 5.56 Å². The van der Waals surface area contributed by atoms with Crippen LogP contribution in [0.5, 0.6) is 11.5 Å². The van der Waals surface area contributed by atoms with Crippen molar-refractivity contribution >= 4 is 64.1 Å². The first kappa shape index (κ1) is 21.7. The van der Waals surface area contributed by atoms with Crippen LogP contribution in [0.1, 0.15) is 10.9 Å². The number of carboxylic acid groups (broad SMARTS) is 1. The molecule has 3 rings (SSSR count). The summed E-state index contributed by atoms with van der Waals surface area (Å²) in [6.45, 7) is 0.426. The van der Waals surface area contributed by atoms with Crippen molar-refractivity contribution in [3.05, 3.63) is 56.0 Å². The Hall–Kier alpha value is -1.02. The molecule has 1 aliphatic rings. The topological polar surface area (TPSA) is 67.8 Å². The van der Waals surface area contributed by atoms with Crippen LogP contribution >= 0.6 is 58.2 Å². The van der Waals surface area contributed by atoms with Crippen LogP contribution in [0, 0.1) is 0 Å². The zero-order valence-corrected chi connectivity index (χ0v) is 18.1. The van der Waals surface area contributed by atoms with E-state index >= 15 is 0 Å². The minimum Gasteiger partial charge on any atom is -0.490 e. The second-order valence-corrected chi connectivity index (χ2v) is 8.67. The number of ether oxygens (including phenoxy) is 2. The summed E-state index contributed by atoms with van der Waals surface area (Å²) >= 11 is 25.7. The van der Waals surface area contributed by atoms with Crippen molar-refractivity contribution in [3.8, 4) is 11.5 Å². The largest absolute Gasteiger partial charge is 0.490 e. The lowest BCUT2D eigenvalue weighted by atomic mass is 10.2. The molecule has 2 atom stereocenters. The molecule has 0 aromatic heterocycles. The van der Waals surface area contributed by atoms with Crippen molar-refractivity contribution in [1.82, 2.24) is 5.32 Å². The van der Waals surface area contributed by atoms with E-state index in [9.17, 15) is 4.79 Å². The van der Waals surface area contributed by atoms with Crippen LogP contribution < -0.4 is 14.8 Å². The molecule has 1 heterocycles. The molecule has 0 amide bonds. The zero-order chi connectivity index (χ0) is 20.3. The third-order valence-corrected chi connectivity index (χ3v) is 6.15. The highest BCUT2D eigenvalue weighted by molar-refractivity contribution is 7.99. The van der Waals surface area contributed by atoms with Gasteiger partial charge in [0, 0.05) is 21.4 Å². The van der Waals surface area contributed by atoms with Crippen LogP contribution in [-0.2, 0) is 4.79 Å². The van der Waals surface area contributed by atoms with Gasteiger partial charge in [-0.2, -0.15) is 0 Å². The third-order valence-electron chi connectivity index (χ3n) is 3.88. The van der Waals surface area contributed by atoms with Gasteiger partial charge in [-0.1, -0.05) is 46.4 Å². The number of hydrogen-bond donors (Lipinski definition) is 2. The van der Waals surface area contributed by atoms with Crippen molar-refractivity contribution in [2.45, 2.75) is 11.4 Å². The van der Waals surface area contributed by atoms with E-state index in [4.69, 9.17) is 61.0 Å². The molecule has 28 heavy (non-hydrogen) atoms. The number of benzene rings is 2. The molecule has 1 aliphatic heterocycles. The van der Waals surface area contributed by atoms with Crippen LogP contribution in [0.25, 0.3) is 0 Å². The maximum Gasteiger partial charge on any atom is 0.321 e. The molecule has 2 N–H and O–H groups in total. The molecule has 0 aliphatic carbocycles. The normalized spacial score (nSPS) is 18.9. The molecule has 1 saturated heterocycles. The van der Waals surface area contributed by atoms with E-state index in [-0.39, 0.29) is 18.6 Å². The molecule has 1 fully saturated rings. The lowest BCUT2D eigenvalue weighted by Gasteiger charge is -2.17. The quantitative estimate of drug-likeness (QED) is 0.504. The van der Waals surface area contributed by atoms with Crippen molar-refractivity contribution in [1.29, 1.82) is 0 Å². The number of thioether (sulfide) groups is 1. The Morgan fingerprint density at radius 1 is 1.07 bits per heavy atom. The highest BCUT2D eigenvalue weighted by atomic mass is 35.5. The zero-order valence-electron chi connectivity index (χ0n) is 14.3. The van der Waals surface area contributed by atoms with Gasteiger partial charge in [0.15, 0.2) is 5.75 Å². The molecule has 0 bridgehead atoms. The van der Waals surface area contributed by atoms with Gasteiger partial charge in [0.05, 0.1) is 15.4 Å². The van der Waals surface area contributed by atoms with Crippen LogP contribution in [0.15, 0.2) is 30.3 Å². The van der Waals surface area contributed by atoms with E-state index in [1.165, 1.54) is 11.8 Å². The Labute approximate surface area is 186 Å². The minimum absolute atomic E-state index is 0.201. The van der Waals surface area contributed by atoms with Crippen molar-refractivity contribution < 1.29 is 19.4 Å². The monoisotopic (exact) mass is 481 g/mol. The fourth-order valence-corrected chi connectivity index (χ4v) is 4.97. The molecule has 2 unspecified atom stereocenters. The highest BCUT2D eigenvalue weighted by Crippen LogP contribution is 2.39. The van der Waals surface area contributed by atoms with Gasteiger partial charge < -0.3 is 14.6 Å². The predicted molar refractivity (Wildman–Crippen MR) is 114 cm³/mol. The first-order valence-corrected chi connectivity index (χ1v) is 10.7. The lowest BCUT2D eigenvalue weighted by molar-refractivity contribution is -0.138. The Morgan fingerprint density at radius 2 is 1.75 bits per heavy atom. The number of carbonyl (C=O) groups is 1. The average molecular weight is 483 g/mol. The number of nitrogens with one attached hydrogen (secondary N) is 1. The summed E-state index contributed by atoms with van der Waals surface area (Å²) in [5.74, 6) is 0.509. The summed E-state index contributed by atoms with van der Waals surface area (Å²) in [6, 6.07) is 7.70. The Bertz CT molecular complexity index is 860. The van der Waals surface area contributed by atoms with E-state index in [2.05, 4.69) is 5.32 Å². The van der Waals surface area contributed by atoms with Crippen molar-refractivity contribution in [2.24, 2.45) is 0 Å². The van der Waals surface area contributed by atoms with E-state index < -0.39 is 12.0 Å². The van der Waals surface area contributed by atoms with Crippen LogP contribution in [0.4, 0.5) is 0 Å². The molecule has 0 saturated carbocycles. The third kappa shape index (κ3) is 5.32. The number of aliphatic carboxylic acids is 1. The molecule has 2 aromatic carbocycles. The summed E-state index contributed by atoms with van der Waals surface area (Å²) in [6.07, 6.45) is 0. The van der Waals surface area contributed by atoms with Gasteiger partial charge in [0.2, 0.25) is 0 Å². The molecular weight excluding hydrogens is 468 g/mol. The molecular formula is C18H15Cl4NO4S. The molecule has 0 radical (unpaired) electrons. The fourth-order valence-electron chi connectivity index (χ4n) is 2.61. The summed E-state index contributed by atoms with van der Waals surface area (Å²) in [4.78, 5) is 11.2. The fraction of sp³-hybridized carbons (Fsp3) is 0.278. The number of rotatable bonds is 7. The second-order valence-electron chi connectivity index (χ2n) is 5.85. The maximum atomic E-state index is 11.2. The summed E-state index contributed by atoms with van der Waals surface area (Å²) in [5, 5.41) is 13.6. The molecule has 2 aromatic rings. The SMILES string of the molecule is O=C(O)C1CSC(c2cc(Cl)ccc2OCCOc2c(Cl)cc(Cl)cc2Cl)N1. The summed E-state index contributed by atoms with van der Waals surface area (Å²) in [5.41, 5.74) is 0.781. The smallest absolute Gasteiger partial charge is 0.321 e. The highest BCUT2D eigenvalue weighted by Gasteiger charge is 2.32. The van der Waals surface area contributed by atoms with Crippen LogP contribution in [0.2, 0.25) is 20.1 Å². The molecule has 150 valence electrons. The summed E-state index contributed by atoms with van der Waals surface area (Å²) in [7, 11) is 0. The van der Waals surface area contributed by atoms with Gasteiger partial charge >= 0.3 is 5.97 Å². The number of hydrogen-bond acceptors (Lipinski definition) is 5. The Balaban J connectivity index is 1.63. The minimum atomic E-state index is -0.885. The average Bonchev–Trinajstić information content (AvgIpc) is 3.11. The van der Waals surface area contributed by atoms with Crippen LogP contribution in [0.3, 0.4) is 0 Å². The Kier molecular flexibility index (Phi) is 7.48. The Morgan fingerprint density at radius 3 is 2.39 bits per heavy atom. The molecule has 10 heteroatoms. The molecule has 5 nitrogen and oxygen atoms in total. The second kappa shape index (κ2) is 9.65. The van der Waals surface area contributed by atoms with Gasteiger partial charge in [-0.3, -0.25) is 10.1 Å². The van der Waals surface area contributed by atoms with Crippen molar-refractivity contribution in [2.75, 3.05) is 19.0 Å². The van der Waals surface area contributed by atoms with Gasteiger partial charge in [0.25, 0.3) is 0 Å². The predicted octanol–water partition coefficient (Wildman–Crippen LogP) is 5.55. The van der Waals surface area contributed by atoms with E-state index in [1.54, 1.807) is 30.3 Å². The lowest BCUT2D eigenvalue weighted by Crippen LogP contribution is -2.33. The van der Waals surface area contributed by atoms with Gasteiger partial charge in [0.1, 0.15) is 25.0 Å². The molecule has 0 spiro atoms. The van der Waals surface area contributed by atoms with E-state index in [1.807, 2.05) is 0 Å². The number of halogens is 4. The standard InChI is InChI=1S/C18H15Cl4NO4S/c19-9-1-2-15(11(5-9)17-23-14(8-28-17)18(24)25)26-3-4-27-16-12(21)6-10(20)7-13(16)22/h1-2,5-7,14,17,23H,3-4,8H2,(H,24,25). The van der Waals surface area contributed by atoms with Gasteiger partial charge in [-0.25, -0.2) is 0 Å². The van der Waals surface area contributed by atoms with Gasteiger partial charge in [-0.05, 0) is 30.3 Å².